The Bertz CT molecular complexity index is 90.9. The van der Waals surface area contributed by atoms with Gasteiger partial charge in [0.1, 0.15) is 6.26 Å². The van der Waals surface area contributed by atoms with E-state index in [4.69, 9.17) is 0 Å². The Labute approximate surface area is 48.6 Å². The van der Waals surface area contributed by atoms with E-state index >= 15 is 0 Å². The molecule has 0 spiro atoms. The van der Waals surface area contributed by atoms with E-state index in [0.29, 0.717) is 0 Å². The molecule has 1 atom stereocenters. The molecule has 0 aliphatic rings. The summed E-state index contributed by atoms with van der Waals surface area (Å²) in [5.74, 6) is 0. The summed E-state index contributed by atoms with van der Waals surface area (Å²) in [6.07, 6.45) is 2.98. The van der Waals surface area contributed by atoms with Crippen LogP contribution < -0.4 is 0 Å². The molecular weight excluding hydrogens is 131 g/mol. The lowest BCUT2D eigenvalue weighted by atomic mass is 10.8. The van der Waals surface area contributed by atoms with Gasteiger partial charge in [0.2, 0.25) is 0 Å². The average molecular weight is 137 g/mol. The van der Waals surface area contributed by atoms with Crippen molar-refractivity contribution in [2.75, 3.05) is 0 Å². The summed E-state index contributed by atoms with van der Waals surface area (Å²) in [6.45, 7) is 1.77. The fraction of sp³-hybridized carbons (Fsp3) is 0.333. The van der Waals surface area contributed by atoms with Gasteiger partial charge in [0.05, 0.1) is 0 Å². The Kier molecular flexibility index (Phi) is 4.15. The summed E-state index contributed by atoms with van der Waals surface area (Å²) in [7, 11) is -1.75. The van der Waals surface area contributed by atoms with Crippen LogP contribution in [0.3, 0.4) is 0 Å². The molecule has 0 saturated heterocycles. The highest BCUT2D eigenvalue weighted by molar-refractivity contribution is 8.39. The van der Waals surface area contributed by atoms with Crippen LogP contribution >= 0.6 is 19.5 Å². The molecule has 0 rings (SSSR count). The Morgan fingerprint density at radius 2 is 2.43 bits per heavy atom. The molecule has 0 aliphatic carbocycles. The normalized spacial score (nSPS) is 12.0. The molecule has 0 aromatic rings. The standard InChI is InChI=1S/C3H5O2PS/c1-2-3-5-6(4)7/h2-3H,1H3/p+1. The molecule has 4 heteroatoms. The van der Waals surface area contributed by atoms with Crippen LogP contribution in [0.1, 0.15) is 6.92 Å². The van der Waals surface area contributed by atoms with Crippen LogP contribution in [0.2, 0.25) is 0 Å². The van der Waals surface area contributed by atoms with Crippen LogP contribution in [-0.4, -0.2) is 0 Å². The lowest BCUT2D eigenvalue weighted by molar-refractivity contribution is 0.478. The second-order valence-corrected chi connectivity index (χ2v) is 2.48. The van der Waals surface area contributed by atoms with E-state index in [-0.39, 0.29) is 0 Å². The summed E-state index contributed by atoms with van der Waals surface area (Å²) >= 11 is 3.47. The summed E-state index contributed by atoms with van der Waals surface area (Å²) in [6, 6.07) is 0. The molecule has 1 unspecified atom stereocenters. The van der Waals surface area contributed by atoms with Crippen LogP contribution in [0.15, 0.2) is 12.3 Å². The van der Waals surface area contributed by atoms with Gasteiger partial charge in [-0.2, -0.15) is 0 Å². The third-order valence-corrected chi connectivity index (χ3v) is 0.872. The first kappa shape index (κ1) is 6.99. The first-order valence-electron chi connectivity index (χ1n) is 1.71. The van der Waals surface area contributed by atoms with Crippen molar-refractivity contribution in [3.8, 4) is 0 Å². The fourth-order valence-electron chi connectivity index (χ4n) is 0.113. The lowest BCUT2D eigenvalue weighted by Crippen LogP contribution is -1.52. The summed E-state index contributed by atoms with van der Waals surface area (Å²) in [4.78, 5) is 0. The zero-order chi connectivity index (χ0) is 5.70. The van der Waals surface area contributed by atoms with Gasteiger partial charge in [0.15, 0.2) is 12.2 Å². The quantitative estimate of drug-likeness (QED) is 0.358. The maximum Gasteiger partial charge on any atom is 0.630 e. The molecule has 40 valence electrons. The van der Waals surface area contributed by atoms with Crippen molar-refractivity contribution in [1.82, 2.24) is 0 Å². The van der Waals surface area contributed by atoms with E-state index < -0.39 is 7.23 Å². The SMILES string of the molecule is CC=CO[P+](=O)S. The number of rotatable bonds is 2. The predicted molar refractivity (Wildman–Crippen MR) is 32.5 cm³/mol. The number of hydrogen-bond acceptors (Lipinski definition) is 2. The minimum Gasteiger partial charge on any atom is -0.254 e. The maximum atomic E-state index is 9.94. The monoisotopic (exact) mass is 137 g/mol. The van der Waals surface area contributed by atoms with Gasteiger partial charge < -0.3 is 0 Å². The molecule has 0 radical (unpaired) electrons. The fourth-order valence-corrected chi connectivity index (χ4v) is 0.502. The molecule has 0 N–H and O–H groups in total. The number of allylic oxidation sites excluding steroid dienone is 1. The summed E-state index contributed by atoms with van der Waals surface area (Å²) < 4.78 is 14.3. The highest BCUT2D eigenvalue weighted by atomic mass is 32.7. The predicted octanol–water partition coefficient (Wildman–Crippen LogP) is 2.12. The van der Waals surface area contributed by atoms with Gasteiger partial charge in [-0.15, -0.1) is 0 Å². The Morgan fingerprint density at radius 3 is 2.57 bits per heavy atom. The summed E-state index contributed by atoms with van der Waals surface area (Å²) in [5.41, 5.74) is 0. The molecule has 0 fully saturated rings. The van der Waals surface area contributed by atoms with Gasteiger partial charge in [-0.05, 0) is 17.6 Å². The second kappa shape index (κ2) is 4.16. The highest BCUT2D eigenvalue weighted by Gasteiger charge is 2.03. The van der Waals surface area contributed by atoms with Crippen molar-refractivity contribution >= 4 is 19.5 Å². The number of hydrogen-bond donors (Lipinski definition) is 1. The van der Waals surface area contributed by atoms with Crippen molar-refractivity contribution in [2.24, 2.45) is 0 Å². The second-order valence-electron chi connectivity index (χ2n) is 0.813. The third-order valence-electron chi connectivity index (χ3n) is 0.287. The minimum absolute atomic E-state index is 1.34. The molecule has 0 heterocycles. The van der Waals surface area contributed by atoms with E-state index in [1.807, 2.05) is 0 Å². The molecular formula is C3H6O2PS+. The molecule has 0 aromatic heterocycles. The Morgan fingerprint density at radius 1 is 1.86 bits per heavy atom. The largest absolute Gasteiger partial charge is 0.630 e. The molecule has 0 aliphatic heterocycles. The average Bonchev–Trinajstić information content (AvgIpc) is 1.61. The molecule has 0 amide bonds. The van der Waals surface area contributed by atoms with Crippen molar-refractivity contribution in [3.05, 3.63) is 12.3 Å². The maximum absolute atomic E-state index is 9.94. The highest BCUT2D eigenvalue weighted by Crippen LogP contribution is 2.26. The van der Waals surface area contributed by atoms with Gasteiger partial charge in [0, 0.05) is 0 Å². The van der Waals surface area contributed by atoms with E-state index in [1.165, 1.54) is 6.26 Å². The zero-order valence-electron chi connectivity index (χ0n) is 3.87. The van der Waals surface area contributed by atoms with Crippen LogP contribution in [0.5, 0.6) is 0 Å². The first-order valence-corrected chi connectivity index (χ1v) is 4.04. The lowest BCUT2D eigenvalue weighted by Gasteiger charge is -1.68. The molecule has 7 heavy (non-hydrogen) atoms. The molecule has 0 aromatic carbocycles. The van der Waals surface area contributed by atoms with Crippen LogP contribution in [-0.2, 0) is 9.09 Å². The van der Waals surface area contributed by atoms with Crippen LogP contribution in [0, 0.1) is 0 Å². The zero-order valence-corrected chi connectivity index (χ0v) is 5.65. The van der Waals surface area contributed by atoms with Gasteiger partial charge >= 0.3 is 7.23 Å². The van der Waals surface area contributed by atoms with E-state index in [0.717, 1.165) is 0 Å². The van der Waals surface area contributed by atoms with Gasteiger partial charge in [0.25, 0.3) is 0 Å². The summed E-state index contributed by atoms with van der Waals surface area (Å²) in [5, 5.41) is 0. The smallest absolute Gasteiger partial charge is 0.254 e. The molecule has 2 nitrogen and oxygen atoms in total. The van der Waals surface area contributed by atoms with Gasteiger partial charge in [-0.1, -0.05) is 0 Å². The van der Waals surface area contributed by atoms with Crippen molar-refractivity contribution < 1.29 is 9.09 Å². The third kappa shape index (κ3) is 5.99. The number of thiol groups is 1. The first-order chi connectivity index (χ1) is 3.27. The Balaban J connectivity index is 3.14. The van der Waals surface area contributed by atoms with Crippen molar-refractivity contribution in [3.63, 3.8) is 0 Å². The van der Waals surface area contributed by atoms with E-state index in [1.54, 1.807) is 13.0 Å². The van der Waals surface area contributed by atoms with Crippen molar-refractivity contribution in [1.29, 1.82) is 0 Å². The Hall–Kier alpha value is -0.0100. The molecule has 0 bridgehead atoms. The van der Waals surface area contributed by atoms with Crippen molar-refractivity contribution in [2.45, 2.75) is 6.92 Å². The van der Waals surface area contributed by atoms with Gasteiger partial charge in [-0.3, -0.25) is 4.52 Å². The topological polar surface area (TPSA) is 26.3 Å². The van der Waals surface area contributed by atoms with Crippen LogP contribution in [0.4, 0.5) is 0 Å². The minimum atomic E-state index is -1.75. The van der Waals surface area contributed by atoms with Crippen LogP contribution in [0.25, 0.3) is 0 Å². The molecule has 0 saturated carbocycles. The van der Waals surface area contributed by atoms with E-state index in [9.17, 15) is 4.57 Å². The van der Waals surface area contributed by atoms with Gasteiger partial charge in [-0.25, -0.2) is 0 Å². The van der Waals surface area contributed by atoms with E-state index in [2.05, 4.69) is 16.8 Å².